The standard InChI is InChI=1S/C13H22N6/c1-10(2)14-8-13-9-18(17-15-13)5-6-19-12(4)7-11(3)16-19/h7,9-10,14H,5-6,8H2,1-4H3. The Morgan fingerprint density at radius 3 is 2.68 bits per heavy atom. The van der Waals surface area contributed by atoms with Crippen LogP contribution in [-0.4, -0.2) is 30.8 Å². The van der Waals surface area contributed by atoms with E-state index in [2.05, 4.69) is 47.6 Å². The number of hydrogen-bond acceptors (Lipinski definition) is 4. The minimum atomic E-state index is 0.458. The lowest BCUT2D eigenvalue weighted by atomic mass is 10.3. The average molecular weight is 262 g/mol. The van der Waals surface area contributed by atoms with Crippen LogP contribution < -0.4 is 5.32 Å². The molecular weight excluding hydrogens is 240 g/mol. The number of nitrogens with zero attached hydrogens (tertiary/aromatic N) is 5. The summed E-state index contributed by atoms with van der Waals surface area (Å²) in [5.41, 5.74) is 3.21. The maximum absolute atomic E-state index is 4.43. The maximum Gasteiger partial charge on any atom is 0.0964 e. The quantitative estimate of drug-likeness (QED) is 0.852. The van der Waals surface area contributed by atoms with Gasteiger partial charge in [-0.05, 0) is 19.9 Å². The van der Waals surface area contributed by atoms with Crippen LogP contribution in [0.5, 0.6) is 0 Å². The van der Waals surface area contributed by atoms with E-state index < -0.39 is 0 Å². The minimum Gasteiger partial charge on any atom is -0.309 e. The van der Waals surface area contributed by atoms with Gasteiger partial charge in [-0.3, -0.25) is 9.36 Å². The molecule has 0 saturated carbocycles. The summed E-state index contributed by atoms with van der Waals surface area (Å²) in [7, 11) is 0. The molecule has 0 unspecified atom stereocenters. The predicted octanol–water partition coefficient (Wildman–Crippen LogP) is 1.29. The molecule has 104 valence electrons. The van der Waals surface area contributed by atoms with Gasteiger partial charge in [0.1, 0.15) is 0 Å². The normalized spacial score (nSPS) is 11.4. The van der Waals surface area contributed by atoms with Gasteiger partial charge in [-0.15, -0.1) is 5.10 Å². The lowest BCUT2D eigenvalue weighted by Crippen LogP contribution is -2.21. The smallest absolute Gasteiger partial charge is 0.0964 e. The van der Waals surface area contributed by atoms with Crippen LogP contribution >= 0.6 is 0 Å². The van der Waals surface area contributed by atoms with Gasteiger partial charge in [0.2, 0.25) is 0 Å². The minimum absolute atomic E-state index is 0.458. The van der Waals surface area contributed by atoms with Crippen molar-refractivity contribution in [1.82, 2.24) is 30.1 Å². The van der Waals surface area contributed by atoms with Crippen molar-refractivity contribution in [3.63, 3.8) is 0 Å². The summed E-state index contributed by atoms with van der Waals surface area (Å²) in [4.78, 5) is 0. The first kappa shape index (κ1) is 13.7. The van der Waals surface area contributed by atoms with Crippen LogP contribution in [-0.2, 0) is 19.6 Å². The van der Waals surface area contributed by atoms with Crippen molar-refractivity contribution >= 4 is 0 Å². The second kappa shape index (κ2) is 5.97. The third kappa shape index (κ3) is 3.89. The average Bonchev–Trinajstić information content (AvgIpc) is 2.91. The molecule has 2 rings (SSSR count). The third-order valence-electron chi connectivity index (χ3n) is 2.92. The van der Waals surface area contributed by atoms with E-state index in [4.69, 9.17) is 0 Å². The highest BCUT2D eigenvalue weighted by Gasteiger charge is 2.04. The van der Waals surface area contributed by atoms with E-state index in [1.54, 1.807) is 0 Å². The highest BCUT2D eigenvalue weighted by Crippen LogP contribution is 2.02. The van der Waals surface area contributed by atoms with Crippen LogP contribution in [0.2, 0.25) is 0 Å². The molecule has 0 aliphatic heterocycles. The molecule has 0 aliphatic rings. The van der Waals surface area contributed by atoms with Gasteiger partial charge in [0.05, 0.1) is 24.5 Å². The molecule has 0 amide bonds. The molecule has 2 heterocycles. The molecule has 0 saturated heterocycles. The third-order valence-corrected chi connectivity index (χ3v) is 2.92. The first-order valence-corrected chi connectivity index (χ1v) is 6.68. The summed E-state index contributed by atoms with van der Waals surface area (Å²) in [5, 5.41) is 16.0. The summed E-state index contributed by atoms with van der Waals surface area (Å²) in [6.45, 7) is 10.7. The zero-order valence-electron chi connectivity index (χ0n) is 12.1. The molecule has 0 bridgehead atoms. The van der Waals surface area contributed by atoms with Crippen LogP contribution in [0.15, 0.2) is 12.3 Å². The number of aryl methyl sites for hydroxylation is 4. The number of aromatic nitrogens is 5. The van der Waals surface area contributed by atoms with E-state index in [0.717, 1.165) is 31.0 Å². The molecule has 2 aromatic rings. The molecule has 0 aliphatic carbocycles. The van der Waals surface area contributed by atoms with Crippen molar-refractivity contribution < 1.29 is 0 Å². The Hall–Kier alpha value is -1.69. The predicted molar refractivity (Wildman–Crippen MR) is 73.7 cm³/mol. The van der Waals surface area contributed by atoms with E-state index in [1.807, 2.05) is 22.5 Å². The Labute approximate surface area is 113 Å². The van der Waals surface area contributed by atoms with Gasteiger partial charge in [-0.1, -0.05) is 19.1 Å². The summed E-state index contributed by atoms with van der Waals surface area (Å²) in [6.07, 6.45) is 1.99. The summed E-state index contributed by atoms with van der Waals surface area (Å²) in [6, 6.07) is 2.54. The SMILES string of the molecule is Cc1cc(C)n(CCn2cc(CNC(C)C)nn2)n1. The Bertz CT molecular complexity index is 525. The Morgan fingerprint density at radius 2 is 2.05 bits per heavy atom. The Morgan fingerprint density at radius 1 is 1.26 bits per heavy atom. The number of rotatable bonds is 6. The summed E-state index contributed by atoms with van der Waals surface area (Å²) < 4.78 is 3.87. The van der Waals surface area contributed by atoms with Crippen molar-refractivity contribution in [2.45, 2.75) is 53.4 Å². The molecule has 0 fully saturated rings. The molecule has 0 atom stereocenters. The molecule has 19 heavy (non-hydrogen) atoms. The van der Waals surface area contributed by atoms with E-state index in [9.17, 15) is 0 Å². The lowest BCUT2D eigenvalue weighted by Gasteiger charge is -2.05. The largest absolute Gasteiger partial charge is 0.309 e. The van der Waals surface area contributed by atoms with Crippen molar-refractivity contribution in [3.8, 4) is 0 Å². The first-order valence-electron chi connectivity index (χ1n) is 6.68. The van der Waals surface area contributed by atoms with Gasteiger partial charge in [0.25, 0.3) is 0 Å². The van der Waals surface area contributed by atoms with Gasteiger partial charge in [-0.2, -0.15) is 5.10 Å². The monoisotopic (exact) mass is 262 g/mol. The van der Waals surface area contributed by atoms with Crippen LogP contribution in [0.4, 0.5) is 0 Å². The molecule has 6 heteroatoms. The molecule has 1 N–H and O–H groups in total. The second-order valence-corrected chi connectivity index (χ2v) is 5.16. The zero-order chi connectivity index (χ0) is 13.8. The van der Waals surface area contributed by atoms with Crippen LogP contribution in [0.3, 0.4) is 0 Å². The van der Waals surface area contributed by atoms with Crippen LogP contribution in [0.25, 0.3) is 0 Å². The zero-order valence-corrected chi connectivity index (χ0v) is 12.1. The molecule has 2 aromatic heterocycles. The van der Waals surface area contributed by atoms with E-state index in [-0.39, 0.29) is 0 Å². The van der Waals surface area contributed by atoms with Crippen molar-refractivity contribution in [1.29, 1.82) is 0 Å². The topological polar surface area (TPSA) is 60.6 Å². The Kier molecular flexibility index (Phi) is 4.31. The maximum atomic E-state index is 4.43. The van der Waals surface area contributed by atoms with Crippen molar-refractivity contribution in [3.05, 3.63) is 29.3 Å². The highest BCUT2D eigenvalue weighted by molar-refractivity contribution is 5.06. The first-order chi connectivity index (χ1) is 9.04. The summed E-state index contributed by atoms with van der Waals surface area (Å²) >= 11 is 0. The number of nitrogens with one attached hydrogen (secondary N) is 1. The van der Waals surface area contributed by atoms with Gasteiger partial charge in [0.15, 0.2) is 0 Å². The lowest BCUT2D eigenvalue weighted by molar-refractivity contribution is 0.481. The van der Waals surface area contributed by atoms with Gasteiger partial charge >= 0.3 is 0 Å². The fourth-order valence-corrected chi connectivity index (χ4v) is 1.94. The van der Waals surface area contributed by atoms with Gasteiger partial charge in [0, 0.05) is 24.5 Å². The second-order valence-electron chi connectivity index (χ2n) is 5.16. The van der Waals surface area contributed by atoms with E-state index >= 15 is 0 Å². The van der Waals surface area contributed by atoms with E-state index in [1.165, 1.54) is 5.69 Å². The summed E-state index contributed by atoms with van der Waals surface area (Å²) in [5.74, 6) is 0. The number of hydrogen-bond donors (Lipinski definition) is 1. The molecule has 0 aromatic carbocycles. The molecule has 6 nitrogen and oxygen atoms in total. The fourth-order valence-electron chi connectivity index (χ4n) is 1.94. The van der Waals surface area contributed by atoms with Gasteiger partial charge < -0.3 is 5.32 Å². The Balaban J connectivity index is 1.88. The van der Waals surface area contributed by atoms with Gasteiger partial charge in [-0.25, -0.2) is 0 Å². The molecule has 0 radical (unpaired) electrons. The molecule has 0 spiro atoms. The van der Waals surface area contributed by atoms with Crippen molar-refractivity contribution in [2.75, 3.05) is 0 Å². The fraction of sp³-hybridized carbons (Fsp3) is 0.615. The van der Waals surface area contributed by atoms with Crippen LogP contribution in [0, 0.1) is 13.8 Å². The molecular formula is C13H22N6. The van der Waals surface area contributed by atoms with E-state index in [0.29, 0.717) is 6.04 Å². The highest BCUT2D eigenvalue weighted by atomic mass is 15.4. The van der Waals surface area contributed by atoms with Crippen molar-refractivity contribution in [2.24, 2.45) is 0 Å². The van der Waals surface area contributed by atoms with Crippen LogP contribution in [0.1, 0.15) is 30.9 Å².